The summed E-state index contributed by atoms with van der Waals surface area (Å²) in [5.41, 5.74) is 6.37. The molecule has 3 aromatic rings. The molecule has 0 unspecified atom stereocenters. The lowest BCUT2D eigenvalue weighted by molar-refractivity contribution is 0.00578. The maximum absolute atomic E-state index is 6.46. The highest BCUT2D eigenvalue weighted by atomic mass is 16.7. The third-order valence-electron chi connectivity index (χ3n) is 6.74. The van der Waals surface area contributed by atoms with Crippen LogP contribution in [0.4, 0.5) is 0 Å². The smallest absolute Gasteiger partial charge is 0.399 e. The average Bonchev–Trinajstić information content (AvgIpc) is 2.99. The van der Waals surface area contributed by atoms with Gasteiger partial charge < -0.3 is 9.31 Å². The highest BCUT2D eigenvalue weighted by molar-refractivity contribution is 6.63. The van der Waals surface area contributed by atoms with Gasteiger partial charge in [0.1, 0.15) is 0 Å². The van der Waals surface area contributed by atoms with E-state index < -0.39 is 7.12 Å². The number of hydrogen-bond acceptors (Lipinski definition) is 2. The monoisotopic (exact) mass is 424 g/mol. The van der Waals surface area contributed by atoms with Crippen molar-refractivity contribution in [2.75, 3.05) is 0 Å². The van der Waals surface area contributed by atoms with Crippen LogP contribution in [-0.2, 0) is 9.31 Å². The molecule has 0 spiro atoms. The predicted molar refractivity (Wildman–Crippen MR) is 136 cm³/mol. The highest BCUT2D eigenvalue weighted by Crippen LogP contribution is 2.38. The molecule has 2 nitrogen and oxygen atoms in total. The van der Waals surface area contributed by atoms with Crippen molar-refractivity contribution >= 4 is 24.2 Å². The number of benzene rings is 3. The molecule has 1 fully saturated rings. The van der Waals surface area contributed by atoms with Crippen LogP contribution in [0.5, 0.6) is 0 Å². The van der Waals surface area contributed by atoms with Crippen molar-refractivity contribution < 1.29 is 9.31 Å². The highest BCUT2D eigenvalue weighted by Gasteiger charge is 2.52. The molecule has 164 valence electrons. The number of hydrogen-bond donors (Lipinski definition) is 0. The summed E-state index contributed by atoms with van der Waals surface area (Å²) >= 11 is 0. The van der Waals surface area contributed by atoms with E-state index in [2.05, 4.69) is 126 Å². The number of rotatable bonds is 5. The molecule has 3 heteroatoms. The van der Waals surface area contributed by atoms with Crippen LogP contribution in [0.1, 0.15) is 69.7 Å². The zero-order valence-corrected chi connectivity index (χ0v) is 20.1. The average molecular weight is 424 g/mol. The zero-order chi connectivity index (χ0) is 22.9. The van der Waals surface area contributed by atoms with Gasteiger partial charge in [-0.15, -0.1) is 0 Å². The largest absolute Gasteiger partial charge is 0.495 e. The molecule has 0 amide bonds. The Morgan fingerprint density at radius 1 is 0.719 bits per heavy atom. The fourth-order valence-electron chi connectivity index (χ4n) is 4.18. The van der Waals surface area contributed by atoms with Crippen LogP contribution < -0.4 is 5.46 Å². The van der Waals surface area contributed by atoms with E-state index in [9.17, 15) is 0 Å². The first-order valence-corrected chi connectivity index (χ1v) is 11.5. The van der Waals surface area contributed by atoms with Gasteiger partial charge >= 0.3 is 7.12 Å². The summed E-state index contributed by atoms with van der Waals surface area (Å²) in [6, 6.07) is 27.7. The molecule has 3 aromatic carbocycles. The van der Waals surface area contributed by atoms with Crippen molar-refractivity contribution in [3.63, 3.8) is 0 Å². The summed E-state index contributed by atoms with van der Waals surface area (Å²) in [6.07, 6.45) is 2.28. The molecule has 0 N–H and O–H groups in total. The first kappa shape index (κ1) is 22.6. The molecule has 1 aliphatic rings. The summed E-state index contributed by atoms with van der Waals surface area (Å²) in [5.74, 6) is 0.411. The quantitative estimate of drug-likeness (QED) is 0.335. The Bertz CT molecular complexity index is 1100. The van der Waals surface area contributed by atoms with Crippen molar-refractivity contribution in [2.45, 2.75) is 58.7 Å². The van der Waals surface area contributed by atoms with Gasteiger partial charge in [-0.25, -0.2) is 0 Å². The van der Waals surface area contributed by atoms with Crippen molar-refractivity contribution in [1.82, 2.24) is 0 Å². The minimum atomic E-state index is -0.415. The predicted octanol–water partition coefficient (Wildman–Crippen LogP) is 6.70. The van der Waals surface area contributed by atoms with Crippen LogP contribution in [0.3, 0.4) is 0 Å². The van der Waals surface area contributed by atoms with Crippen molar-refractivity contribution in [2.24, 2.45) is 0 Å². The Balaban J connectivity index is 1.91. The minimum Gasteiger partial charge on any atom is -0.399 e. The second kappa shape index (κ2) is 8.73. The standard InChI is InChI=1S/C29H33BO2/c1-21(2)23-16-10-11-17-24(23)26(20-22-14-8-7-9-15-22)25-18-12-13-19-27(25)30-31-28(3,4)29(5,6)32-30/h7-21H,1-6H3/b26-20+. The summed E-state index contributed by atoms with van der Waals surface area (Å²) in [7, 11) is -0.415. The van der Waals surface area contributed by atoms with E-state index in [1.165, 1.54) is 22.3 Å². The van der Waals surface area contributed by atoms with Gasteiger partial charge in [-0.1, -0.05) is 92.7 Å². The second-order valence-electron chi connectivity index (χ2n) is 9.89. The van der Waals surface area contributed by atoms with Crippen molar-refractivity contribution in [1.29, 1.82) is 0 Å². The Morgan fingerprint density at radius 2 is 1.25 bits per heavy atom. The van der Waals surface area contributed by atoms with Gasteiger partial charge in [0.05, 0.1) is 11.2 Å². The third-order valence-corrected chi connectivity index (χ3v) is 6.74. The van der Waals surface area contributed by atoms with Crippen molar-refractivity contribution in [3.8, 4) is 0 Å². The Morgan fingerprint density at radius 3 is 1.88 bits per heavy atom. The molecule has 0 radical (unpaired) electrons. The Labute approximate surface area is 193 Å². The van der Waals surface area contributed by atoms with E-state index in [4.69, 9.17) is 9.31 Å². The van der Waals surface area contributed by atoms with Crippen molar-refractivity contribution in [3.05, 3.63) is 101 Å². The van der Waals surface area contributed by atoms with Gasteiger partial charge in [0, 0.05) is 0 Å². The molecular weight excluding hydrogens is 391 g/mol. The van der Waals surface area contributed by atoms with Crippen LogP contribution in [0.15, 0.2) is 78.9 Å². The molecule has 1 saturated heterocycles. The van der Waals surface area contributed by atoms with E-state index in [1.54, 1.807) is 0 Å². The molecule has 0 bridgehead atoms. The molecule has 0 aromatic heterocycles. The molecular formula is C29H33BO2. The lowest BCUT2D eigenvalue weighted by Gasteiger charge is -2.32. The molecule has 4 rings (SSSR count). The Kier molecular flexibility index (Phi) is 6.16. The molecule has 1 aliphatic heterocycles. The van der Waals surface area contributed by atoms with Crippen LogP contribution >= 0.6 is 0 Å². The second-order valence-corrected chi connectivity index (χ2v) is 9.89. The first-order valence-electron chi connectivity index (χ1n) is 11.5. The van der Waals surface area contributed by atoms with E-state index >= 15 is 0 Å². The summed E-state index contributed by atoms with van der Waals surface area (Å²) in [5, 5.41) is 0. The first-order chi connectivity index (χ1) is 15.2. The normalized spacial score (nSPS) is 17.7. The third kappa shape index (κ3) is 4.33. The lowest BCUT2D eigenvalue weighted by atomic mass is 9.72. The van der Waals surface area contributed by atoms with Gasteiger partial charge in [-0.2, -0.15) is 0 Å². The minimum absolute atomic E-state index is 0.385. The molecule has 1 heterocycles. The maximum atomic E-state index is 6.46. The maximum Gasteiger partial charge on any atom is 0.495 e. The topological polar surface area (TPSA) is 18.5 Å². The molecule has 0 aliphatic carbocycles. The molecule has 32 heavy (non-hydrogen) atoms. The van der Waals surface area contributed by atoms with Gasteiger partial charge in [-0.3, -0.25) is 0 Å². The van der Waals surface area contributed by atoms with Crippen LogP contribution in [0, 0.1) is 0 Å². The summed E-state index contributed by atoms with van der Waals surface area (Å²) in [6.45, 7) is 12.9. The van der Waals surface area contributed by atoms with Gasteiger partial charge in [0.25, 0.3) is 0 Å². The fourth-order valence-corrected chi connectivity index (χ4v) is 4.18. The fraction of sp³-hybridized carbons (Fsp3) is 0.310. The van der Waals surface area contributed by atoms with E-state index in [-0.39, 0.29) is 11.2 Å². The van der Waals surface area contributed by atoms with E-state index in [1.807, 2.05) is 0 Å². The van der Waals surface area contributed by atoms with Gasteiger partial charge in [-0.05, 0) is 73.0 Å². The van der Waals surface area contributed by atoms with Crippen LogP contribution in [-0.4, -0.2) is 18.3 Å². The summed E-state index contributed by atoms with van der Waals surface area (Å²) < 4.78 is 12.9. The molecule has 0 saturated carbocycles. The van der Waals surface area contributed by atoms with E-state index in [0.29, 0.717) is 5.92 Å². The zero-order valence-electron chi connectivity index (χ0n) is 20.1. The SMILES string of the molecule is CC(C)c1ccccc1/C(=C\c1ccccc1)c1ccccc1B1OC(C)(C)C(C)(C)O1. The Hall–Kier alpha value is -2.62. The lowest BCUT2D eigenvalue weighted by Crippen LogP contribution is -2.41. The van der Waals surface area contributed by atoms with Gasteiger partial charge in [0.15, 0.2) is 0 Å². The molecule has 0 atom stereocenters. The van der Waals surface area contributed by atoms with Crippen LogP contribution in [0.25, 0.3) is 11.6 Å². The van der Waals surface area contributed by atoms with Gasteiger partial charge in [0.2, 0.25) is 0 Å². The van der Waals surface area contributed by atoms with E-state index in [0.717, 1.165) is 11.0 Å². The summed E-state index contributed by atoms with van der Waals surface area (Å²) in [4.78, 5) is 0. The van der Waals surface area contributed by atoms with Crippen LogP contribution in [0.2, 0.25) is 0 Å².